The lowest BCUT2D eigenvalue weighted by molar-refractivity contribution is -0.142. The number of likely N-dealkylation sites (N-methyl/N-ethyl adjacent to an activating group) is 1. The monoisotopic (exact) mass is 464 g/mol. The van der Waals surface area contributed by atoms with E-state index >= 15 is 0 Å². The molecule has 1 N–H and O–H groups in total. The lowest BCUT2D eigenvalue weighted by Crippen LogP contribution is -2.48. The highest BCUT2D eigenvalue weighted by atomic mass is 79.9. The third kappa shape index (κ3) is 6.03. The van der Waals surface area contributed by atoms with Gasteiger partial charge in [-0.1, -0.05) is 38.1 Å². The Hall–Kier alpha value is -2.41. The highest BCUT2D eigenvalue weighted by molar-refractivity contribution is 9.10. The molecule has 0 aromatic heterocycles. The second-order valence-electron chi connectivity index (χ2n) is 7.04. The van der Waals surface area contributed by atoms with Crippen LogP contribution in [0.3, 0.4) is 0 Å². The average molecular weight is 465 g/mol. The summed E-state index contributed by atoms with van der Waals surface area (Å²) in [6.45, 7) is 5.48. The fourth-order valence-electron chi connectivity index (χ4n) is 2.82. The number of hydrogen-bond donors (Lipinski definition) is 1. The summed E-state index contributed by atoms with van der Waals surface area (Å²) in [5.41, 5.74) is 1.48. The van der Waals surface area contributed by atoms with E-state index in [1.165, 1.54) is 18.0 Å². The number of ether oxygens (including phenoxy) is 1. The van der Waals surface area contributed by atoms with Gasteiger partial charge in [0.1, 0.15) is 17.6 Å². The number of nitrogens with zero attached hydrogens (tertiary/aromatic N) is 1. The number of nitrogens with one attached hydrogen (secondary N) is 1. The Morgan fingerprint density at radius 2 is 1.86 bits per heavy atom. The summed E-state index contributed by atoms with van der Waals surface area (Å²) in [6.07, 6.45) is 0. The first kappa shape index (κ1) is 22.9. The minimum Gasteiger partial charge on any atom is -0.483 e. The molecule has 0 aliphatic rings. The average Bonchev–Trinajstić information content (AvgIpc) is 2.70. The number of hydrogen-bond acceptors (Lipinski definition) is 3. The van der Waals surface area contributed by atoms with Gasteiger partial charge in [-0.05, 0) is 52.5 Å². The van der Waals surface area contributed by atoms with Crippen LogP contribution in [0.4, 0.5) is 4.39 Å². The highest BCUT2D eigenvalue weighted by Gasteiger charge is 2.26. The van der Waals surface area contributed by atoms with Gasteiger partial charge in [0, 0.05) is 19.2 Å². The second-order valence-corrected chi connectivity index (χ2v) is 7.89. The van der Waals surface area contributed by atoms with Crippen LogP contribution >= 0.6 is 15.9 Å². The molecule has 29 heavy (non-hydrogen) atoms. The van der Waals surface area contributed by atoms with Crippen molar-refractivity contribution in [2.45, 2.75) is 39.3 Å². The van der Waals surface area contributed by atoms with Gasteiger partial charge in [0.25, 0.3) is 5.91 Å². The van der Waals surface area contributed by atoms with Crippen LogP contribution in [0, 0.1) is 5.82 Å². The topological polar surface area (TPSA) is 58.6 Å². The summed E-state index contributed by atoms with van der Waals surface area (Å²) < 4.78 is 20.5. The van der Waals surface area contributed by atoms with E-state index in [2.05, 4.69) is 35.1 Å². The normalized spacial score (nSPS) is 11.8. The number of amides is 2. The van der Waals surface area contributed by atoms with Crippen LogP contribution in [0.1, 0.15) is 37.8 Å². The van der Waals surface area contributed by atoms with Crippen LogP contribution < -0.4 is 10.1 Å². The molecule has 0 radical (unpaired) electrons. The van der Waals surface area contributed by atoms with E-state index in [1.54, 1.807) is 31.2 Å². The Bertz CT molecular complexity index is 873. The van der Waals surface area contributed by atoms with Crippen molar-refractivity contribution in [3.8, 4) is 5.75 Å². The third-order valence-electron chi connectivity index (χ3n) is 4.69. The second kappa shape index (κ2) is 10.4. The predicted octanol–water partition coefficient (Wildman–Crippen LogP) is 4.25. The smallest absolute Gasteiger partial charge is 0.261 e. The van der Waals surface area contributed by atoms with E-state index in [0.29, 0.717) is 17.2 Å². The molecule has 2 aromatic carbocycles. The number of rotatable bonds is 8. The Morgan fingerprint density at radius 3 is 2.45 bits per heavy atom. The standard InChI is InChI=1S/C22H26BrFN2O3/c1-14(2)16-9-10-20(18(23)11-16)29-13-21(27)26(15(3)22(28)25-4)12-17-7-5-6-8-19(17)24/h5-11,14-15H,12-13H2,1-4H3,(H,25,28). The van der Waals surface area contributed by atoms with E-state index in [-0.39, 0.29) is 19.1 Å². The molecule has 1 unspecified atom stereocenters. The molecular formula is C22H26BrFN2O3. The van der Waals surface area contributed by atoms with E-state index in [4.69, 9.17) is 4.74 Å². The summed E-state index contributed by atoms with van der Waals surface area (Å²) in [6, 6.07) is 11.1. The van der Waals surface area contributed by atoms with Crippen molar-refractivity contribution in [2.24, 2.45) is 0 Å². The van der Waals surface area contributed by atoms with Crippen molar-refractivity contribution in [1.82, 2.24) is 10.2 Å². The van der Waals surface area contributed by atoms with E-state index in [1.807, 2.05) is 12.1 Å². The van der Waals surface area contributed by atoms with Crippen molar-refractivity contribution in [3.63, 3.8) is 0 Å². The Kier molecular flexibility index (Phi) is 8.20. The Morgan fingerprint density at radius 1 is 1.17 bits per heavy atom. The Labute approximate surface area is 179 Å². The first-order valence-electron chi connectivity index (χ1n) is 9.41. The van der Waals surface area contributed by atoms with Gasteiger partial charge in [0.15, 0.2) is 6.61 Å². The first-order chi connectivity index (χ1) is 13.7. The van der Waals surface area contributed by atoms with Gasteiger partial charge in [0.2, 0.25) is 5.91 Å². The molecule has 5 nitrogen and oxygen atoms in total. The van der Waals surface area contributed by atoms with Crippen molar-refractivity contribution in [3.05, 3.63) is 63.9 Å². The fourth-order valence-corrected chi connectivity index (χ4v) is 3.33. The minimum absolute atomic E-state index is 0.0308. The zero-order chi connectivity index (χ0) is 21.6. The van der Waals surface area contributed by atoms with Crippen LogP contribution in [0.5, 0.6) is 5.75 Å². The zero-order valence-electron chi connectivity index (χ0n) is 17.0. The molecule has 0 heterocycles. The minimum atomic E-state index is -0.775. The molecule has 156 valence electrons. The molecule has 1 atom stereocenters. The van der Waals surface area contributed by atoms with Crippen LogP contribution in [0.15, 0.2) is 46.9 Å². The van der Waals surface area contributed by atoms with Gasteiger partial charge in [-0.3, -0.25) is 9.59 Å². The van der Waals surface area contributed by atoms with Gasteiger partial charge < -0.3 is 15.0 Å². The van der Waals surface area contributed by atoms with E-state index in [9.17, 15) is 14.0 Å². The predicted molar refractivity (Wildman–Crippen MR) is 114 cm³/mol. The summed E-state index contributed by atoms with van der Waals surface area (Å²) in [5.74, 6) is -0.281. The number of halogens is 2. The van der Waals surface area contributed by atoms with Crippen LogP contribution in [-0.2, 0) is 16.1 Å². The van der Waals surface area contributed by atoms with Crippen LogP contribution in [0.25, 0.3) is 0 Å². The molecule has 0 aliphatic carbocycles. The van der Waals surface area contributed by atoms with Crippen molar-refractivity contribution in [1.29, 1.82) is 0 Å². The molecule has 0 spiro atoms. The maximum Gasteiger partial charge on any atom is 0.261 e. The maximum absolute atomic E-state index is 14.1. The maximum atomic E-state index is 14.1. The van der Waals surface area contributed by atoms with E-state index < -0.39 is 17.8 Å². The fraction of sp³-hybridized carbons (Fsp3) is 0.364. The lowest BCUT2D eigenvalue weighted by atomic mass is 10.0. The lowest BCUT2D eigenvalue weighted by Gasteiger charge is -2.28. The van der Waals surface area contributed by atoms with Crippen molar-refractivity contribution >= 4 is 27.7 Å². The Balaban J connectivity index is 2.17. The summed E-state index contributed by atoms with van der Waals surface area (Å²) in [4.78, 5) is 26.3. The first-order valence-corrected chi connectivity index (χ1v) is 10.2. The van der Waals surface area contributed by atoms with Crippen LogP contribution in [-0.4, -0.2) is 36.4 Å². The van der Waals surface area contributed by atoms with Crippen molar-refractivity contribution in [2.75, 3.05) is 13.7 Å². The molecule has 2 aromatic rings. The largest absolute Gasteiger partial charge is 0.483 e. The molecule has 7 heteroatoms. The summed E-state index contributed by atoms with van der Waals surface area (Å²) in [7, 11) is 1.49. The van der Waals surface area contributed by atoms with Gasteiger partial charge >= 0.3 is 0 Å². The molecule has 0 aliphatic heterocycles. The zero-order valence-corrected chi connectivity index (χ0v) is 18.6. The summed E-state index contributed by atoms with van der Waals surface area (Å²) >= 11 is 3.47. The number of benzene rings is 2. The number of carbonyl (C=O) groups is 2. The molecule has 0 saturated carbocycles. The third-order valence-corrected chi connectivity index (χ3v) is 5.31. The van der Waals surface area contributed by atoms with Gasteiger partial charge in [0.05, 0.1) is 4.47 Å². The molecular weight excluding hydrogens is 439 g/mol. The molecule has 0 fully saturated rings. The number of carbonyl (C=O) groups excluding carboxylic acids is 2. The van der Waals surface area contributed by atoms with Gasteiger partial charge in [-0.2, -0.15) is 0 Å². The van der Waals surface area contributed by atoms with E-state index in [0.717, 1.165) is 10.0 Å². The molecule has 0 saturated heterocycles. The molecule has 2 rings (SSSR count). The summed E-state index contributed by atoms with van der Waals surface area (Å²) in [5, 5.41) is 2.53. The SMILES string of the molecule is CNC(=O)C(C)N(Cc1ccccc1F)C(=O)COc1ccc(C(C)C)cc1Br. The van der Waals surface area contributed by atoms with Crippen molar-refractivity contribution < 1.29 is 18.7 Å². The molecule has 2 amide bonds. The molecule has 0 bridgehead atoms. The van der Waals surface area contributed by atoms with Gasteiger partial charge in [-0.25, -0.2) is 4.39 Å². The quantitative estimate of drug-likeness (QED) is 0.634. The van der Waals surface area contributed by atoms with Gasteiger partial charge in [-0.15, -0.1) is 0 Å². The highest BCUT2D eigenvalue weighted by Crippen LogP contribution is 2.29. The van der Waals surface area contributed by atoms with Crippen LogP contribution in [0.2, 0.25) is 0 Å².